The summed E-state index contributed by atoms with van der Waals surface area (Å²) in [5, 5.41) is 0. The summed E-state index contributed by atoms with van der Waals surface area (Å²) >= 11 is 0. The fourth-order valence-corrected chi connectivity index (χ4v) is 4.01. The average molecular weight is 229 g/mol. The molecule has 3 atom stereocenters. The van der Waals surface area contributed by atoms with E-state index >= 15 is 0 Å². The van der Waals surface area contributed by atoms with E-state index in [1.807, 2.05) is 0 Å². The lowest BCUT2D eigenvalue weighted by molar-refractivity contribution is 0.0127. The minimum Gasteiger partial charge on any atom is -0.372 e. The van der Waals surface area contributed by atoms with Crippen molar-refractivity contribution in [2.75, 3.05) is 19.7 Å². The van der Waals surface area contributed by atoms with Crippen LogP contribution in [0.15, 0.2) is 36.1 Å². The maximum Gasteiger partial charge on any atom is 0.106 e. The fourth-order valence-electron chi connectivity index (χ4n) is 4.01. The predicted molar refractivity (Wildman–Crippen MR) is 67.5 cm³/mol. The highest BCUT2D eigenvalue weighted by molar-refractivity contribution is 5.32. The van der Waals surface area contributed by atoms with Gasteiger partial charge in [0.1, 0.15) is 6.10 Å². The molecule has 90 valence electrons. The van der Waals surface area contributed by atoms with Crippen molar-refractivity contribution in [3.63, 3.8) is 0 Å². The highest BCUT2D eigenvalue weighted by Crippen LogP contribution is 2.52. The molecule has 1 spiro atoms. The number of hydrogen-bond acceptors (Lipinski definition) is 2. The number of ether oxygens (including phenoxy) is 1. The molecule has 4 aliphatic rings. The molecule has 3 aliphatic heterocycles. The molecule has 2 fully saturated rings. The Morgan fingerprint density at radius 1 is 1.35 bits per heavy atom. The molecule has 4 rings (SSSR count). The van der Waals surface area contributed by atoms with Crippen molar-refractivity contribution < 1.29 is 4.74 Å². The van der Waals surface area contributed by atoms with Crippen LogP contribution in [0, 0.1) is 11.3 Å². The van der Waals surface area contributed by atoms with Gasteiger partial charge in [0.05, 0.1) is 0 Å². The third-order valence-electron chi connectivity index (χ3n) is 4.90. The number of allylic oxidation sites excluding steroid dienone is 3. The van der Waals surface area contributed by atoms with E-state index in [2.05, 4.69) is 35.3 Å². The van der Waals surface area contributed by atoms with E-state index in [0.29, 0.717) is 12.0 Å². The van der Waals surface area contributed by atoms with E-state index < -0.39 is 0 Å². The number of hydrogen-bond donors (Lipinski definition) is 0. The van der Waals surface area contributed by atoms with Crippen LogP contribution in [0.4, 0.5) is 0 Å². The summed E-state index contributed by atoms with van der Waals surface area (Å²) in [5.41, 5.74) is 1.75. The SMILES string of the molecule is C1=CC2CN3CCCC=C3C3OCCC23C=C1. The lowest BCUT2D eigenvalue weighted by Gasteiger charge is -2.50. The first kappa shape index (κ1) is 9.95. The second-order valence-electron chi connectivity index (χ2n) is 5.68. The summed E-state index contributed by atoms with van der Waals surface area (Å²) in [6.07, 6.45) is 15.7. The van der Waals surface area contributed by atoms with Crippen molar-refractivity contribution in [1.82, 2.24) is 4.90 Å². The molecule has 2 heteroatoms. The molecule has 3 heterocycles. The molecular weight excluding hydrogens is 210 g/mol. The van der Waals surface area contributed by atoms with Gasteiger partial charge in [-0.1, -0.05) is 30.4 Å². The molecule has 3 unspecified atom stereocenters. The Hall–Kier alpha value is -1.02. The first-order chi connectivity index (χ1) is 8.40. The highest BCUT2D eigenvalue weighted by Gasteiger charge is 2.53. The Labute approximate surface area is 103 Å². The van der Waals surface area contributed by atoms with Crippen molar-refractivity contribution >= 4 is 0 Å². The minimum absolute atomic E-state index is 0.272. The molecule has 0 aromatic carbocycles. The smallest absolute Gasteiger partial charge is 0.106 e. The van der Waals surface area contributed by atoms with Crippen LogP contribution in [0.25, 0.3) is 0 Å². The minimum atomic E-state index is 0.272. The third kappa shape index (κ3) is 1.25. The molecule has 1 aliphatic carbocycles. The summed E-state index contributed by atoms with van der Waals surface area (Å²) < 4.78 is 6.09. The lowest BCUT2D eigenvalue weighted by Crippen LogP contribution is -2.53. The molecular formula is C15H19NO. The van der Waals surface area contributed by atoms with Crippen molar-refractivity contribution in [2.24, 2.45) is 11.3 Å². The van der Waals surface area contributed by atoms with Gasteiger partial charge in [0.2, 0.25) is 0 Å². The zero-order chi connectivity index (χ0) is 11.3. The molecule has 0 radical (unpaired) electrons. The fraction of sp³-hybridized carbons (Fsp3) is 0.600. The molecule has 2 nitrogen and oxygen atoms in total. The van der Waals surface area contributed by atoms with Crippen LogP contribution in [-0.4, -0.2) is 30.7 Å². The molecule has 0 bridgehead atoms. The predicted octanol–water partition coefficient (Wildman–Crippen LogP) is 2.50. The molecule has 0 N–H and O–H groups in total. The van der Waals surface area contributed by atoms with Crippen molar-refractivity contribution in [3.05, 3.63) is 36.1 Å². The number of piperidine rings is 1. The van der Waals surface area contributed by atoms with Crippen molar-refractivity contribution in [1.29, 1.82) is 0 Å². The second kappa shape index (κ2) is 3.49. The van der Waals surface area contributed by atoms with Gasteiger partial charge in [0.15, 0.2) is 0 Å². The van der Waals surface area contributed by atoms with Gasteiger partial charge >= 0.3 is 0 Å². The van der Waals surface area contributed by atoms with Crippen LogP contribution < -0.4 is 0 Å². The molecule has 17 heavy (non-hydrogen) atoms. The Bertz CT molecular complexity index is 423. The topological polar surface area (TPSA) is 12.5 Å². The van der Waals surface area contributed by atoms with Crippen molar-refractivity contribution in [2.45, 2.75) is 25.4 Å². The molecule has 0 aromatic heterocycles. The van der Waals surface area contributed by atoms with Crippen molar-refractivity contribution in [3.8, 4) is 0 Å². The maximum absolute atomic E-state index is 6.09. The van der Waals surface area contributed by atoms with E-state index in [1.165, 1.54) is 38.0 Å². The average Bonchev–Trinajstić information content (AvgIpc) is 2.80. The monoisotopic (exact) mass is 229 g/mol. The van der Waals surface area contributed by atoms with E-state index in [9.17, 15) is 0 Å². The number of fused-ring (bicyclic) bond motifs is 2. The van der Waals surface area contributed by atoms with Crippen LogP contribution in [0.2, 0.25) is 0 Å². The summed E-state index contributed by atoms with van der Waals surface area (Å²) in [6.45, 7) is 3.33. The zero-order valence-corrected chi connectivity index (χ0v) is 10.1. The highest BCUT2D eigenvalue weighted by atomic mass is 16.5. The van der Waals surface area contributed by atoms with E-state index in [0.717, 1.165) is 6.61 Å². The van der Waals surface area contributed by atoms with Gasteiger partial charge in [-0.25, -0.2) is 0 Å². The first-order valence-corrected chi connectivity index (χ1v) is 6.83. The molecule has 0 saturated carbocycles. The quantitative estimate of drug-likeness (QED) is 0.633. The molecule has 2 saturated heterocycles. The molecule has 0 aromatic rings. The van der Waals surface area contributed by atoms with Crippen LogP contribution in [0.5, 0.6) is 0 Å². The van der Waals surface area contributed by atoms with Crippen LogP contribution in [0.1, 0.15) is 19.3 Å². The summed E-state index contributed by atoms with van der Waals surface area (Å²) in [4.78, 5) is 2.56. The van der Waals surface area contributed by atoms with Crippen LogP contribution in [-0.2, 0) is 4.74 Å². The lowest BCUT2D eigenvalue weighted by atomic mass is 9.64. The summed E-state index contributed by atoms with van der Waals surface area (Å²) in [7, 11) is 0. The zero-order valence-electron chi connectivity index (χ0n) is 10.1. The Balaban J connectivity index is 1.80. The van der Waals surface area contributed by atoms with E-state index in [4.69, 9.17) is 4.74 Å². The Kier molecular flexibility index (Phi) is 2.04. The maximum atomic E-state index is 6.09. The number of rotatable bonds is 0. The van der Waals surface area contributed by atoms with Gasteiger partial charge in [-0.3, -0.25) is 0 Å². The Morgan fingerprint density at radius 3 is 3.35 bits per heavy atom. The first-order valence-electron chi connectivity index (χ1n) is 6.83. The van der Waals surface area contributed by atoms with Crippen LogP contribution >= 0.6 is 0 Å². The number of nitrogens with zero attached hydrogens (tertiary/aromatic N) is 1. The van der Waals surface area contributed by atoms with Crippen LogP contribution in [0.3, 0.4) is 0 Å². The van der Waals surface area contributed by atoms with Gasteiger partial charge < -0.3 is 9.64 Å². The van der Waals surface area contributed by atoms with Gasteiger partial charge in [0, 0.05) is 36.7 Å². The third-order valence-corrected chi connectivity index (χ3v) is 4.90. The summed E-state index contributed by atoms with van der Waals surface area (Å²) in [6, 6.07) is 0. The van der Waals surface area contributed by atoms with E-state index in [-0.39, 0.29) is 5.41 Å². The van der Waals surface area contributed by atoms with Gasteiger partial charge in [-0.2, -0.15) is 0 Å². The molecule has 0 amide bonds. The van der Waals surface area contributed by atoms with Gasteiger partial charge in [-0.05, 0) is 19.3 Å². The van der Waals surface area contributed by atoms with Gasteiger partial charge in [0.25, 0.3) is 0 Å². The largest absolute Gasteiger partial charge is 0.372 e. The van der Waals surface area contributed by atoms with Gasteiger partial charge in [-0.15, -0.1) is 0 Å². The standard InChI is InChI=1S/C15H19NO/c1-3-7-15-8-10-17-14(15)13-6-2-4-9-16(13)11-12(15)5-1/h1,3,5-7,12,14H,2,4,8-11H2. The second-order valence-corrected chi connectivity index (χ2v) is 5.68. The summed E-state index contributed by atoms with van der Waals surface area (Å²) in [5.74, 6) is 0.648. The van der Waals surface area contributed by atoms with E-state index in [1.54, 1.807) is 0 Å². The Morgan fingerprint density at radius 2 is 2.35 bits per heavy atom. The normalized spacial score (nSPS) is 42.8.